The fourth-order valence-electron chi connectivity index (χ4n) is 1.94. The normalized spacial score (nSPS) is 23.6. The molecular formula is C13H12ClNO3. The van der Waals surface area contributed by atoms with E-state index < -0.39 is 11.3 Å². The largest absolute Gasteiger partial charge is 0.299 e. The molecule has 4 nitrogen and oxygen atoms in total. The molecule has 94 valence electrons. The summed E-state index contributed by atoms with van der Waals surface area (Å²) < 4.78 is 0. The first-order valence-corrected chi connectivity index (χ1v) is 5.88. The van der Waals surface area contributed by atoms with Crippen LogP contribution in [0.2, 0.25) is 5.02 Å². The van der Waals surface area contributed by atoms with Crippen molar-refractivity contribution in [3.05, 3.63) is 29.3 Å². The van der Waals surface area contributed by atoms with E-state index in [0.717, 1.165) is 4.90 Å². The van der Waals surface area contributed by atoms with Crippen molar-refractivity contribution in [3.63, 3.8) is 0 Å². The van der Waals surface area contributed by atoms with Crippen LogP contribution in [-0.2, 0) is 14.4 Å². The highest BCUT2D eigenvalue weighted by molar-refractivity contribution is 6.31. The van der Waals surface area contributed by atoms with Gasteiger partial charge in [0.25, 0.3) is 0 Å². The number of imide groups is 1. The number of benzene rings is 1. The fraction of sp³-hybridized carbons (Fsp3) is 0.308. The minimum atomic E-state index is -1.24. The van der Waals surface area contributed by atoms with Gasteiger partial charge in [0.05, 0.1) is 5.69 Å². The molecule has 0 N–H and O–H groups in total. The quantitative estimate of drug-likeness (QED) is 0.608. The SMILES string of the molecule is CC(=O)C1(C)CC(=O)N(c2ccc(Cl)cc2)C1=O. The van der Waals surface area contributed by atoms with Crippen molar-refractivity contribution in [1.82, 2.24) is 0 Å². The second kappa shape index (κ2) is 4.21. The third kappa shape index (κ3) is 1.82. The zero-order chi connectivity index (χ0) is 13.5. The van der Waals surface area contributed by atoms with E-state index in [0.29, 0.717) is 10.7 Å². The maximum absolute atomic E-state index is 12.2. The first kappa shape index (κ1) is 12.8. The Labute approximate surface area is 110 Å². The van der Waals surface area contributed by atoms with E-state index in [9.17, 15) is 14.4 Å². The molecule has 1 aromatic rings. The molecule has 1 saturated heterocycles. The molecule has 0 spiro atoms. The van der Waals surface area contributed by atoms with E-state index in [4.69, 9.17) is 11.6 Å². The number of hydrogen-bond acceptors (Lipinski definition) is 3. The van der Waals surface area contributed by atoms with E-state index >= 15 is 0 Å². The zero-order valence-corrected chi connectivity index (χ0v) is 10.8. The summed E-state index contributed by atoms with van der Waals surface area (Å²) in [4.78, 5) is 36.7. The highest BCUT2D eigenvalue weighted by Crippen LogP contribution is 2.36. The van der Waals surface area contributed by atoms with Gasteiger partial charge in [0, 0.05) is 11.4 Å². The number of Topliss-reactive ketones (excluding diaryl/α,β-unsaturated/α-hetero) is 1. The summed E-state index contributed by atoms with van der Waals surface area (Å²) in [6.45, 7) is 2.84. The molecule has 0 aliphatic carbocycles. The lowest BCUT2D eigenvalue weighted by atomic mass is 9.85. The Kier molecular flexibility index (Phi) is 2.99. The Hall–Kier alpha value is -1.68. The minimum absolute atomic E-state index is 0.0796. The number of carbonyl (C=O) groups is 3. The summed E-state index contributed by atoms with van der Waals surface area (Å²) in [5.41, 5.74) is -0.795. The topological polar surface area (TPSA) is 54.5 Å². The van der Waals surface area contributed by atoms with Crippen LogP contribution in [0.15, 0.2) is 24.3 Å². The van der Waals surface area contributed by atoms with Crippen LogP contribution in [0.25, 0.3) is 0 Å². The molecule has 1 fully saturated rings. The average Bonchev–Trinajstić information content (AvgIpc) is 2.53. The molecule has 0 bridgehead atoms. The van der Waals surface area contributed by atoms with Crippen LogP contribution in [0.4, 0.5) is 5.69 Å². The van der Waals surface area contributed by atoms with Crippen molar-refractivity contribution in [3.8, 4) is 0 Å². The van der Waals surface area contributed by atoms with Crippen molar-refractivity contribution >= 4 is 34.9 Å². The van der Waals surface area contributed by atoms with Gasteiger partial charge >= 0.3 is 0 Å². The van der Waals surface area contributed by atoms with Gasteiger partial charge in [-0.3, -0.25) is 14.4 Å². The van der Waals surface area contributed by atoms with Gasteiger partial charge in [0.2, 0.25) is 11.8 Å². The van der Waals surface area contributed by atoms with Crippen LogP contribution in [0, 0.1) is 5.41 Å². The Morgan fingerprint density at radius 3 is 2.28 bits per heavy atom. The predicted octanol–water partition coefficient (Wildman–Crippen LogP) is 2.20. The van der Waals surface area contributed by atoms with Gasteiger partial charge in [-0.05, 0) is 38.1 Å². The van der Waals surface area contributed by atoms with Crippen LogP contribution >= 0.6 is 11.6 Å². The van der Waals surface area contributed by atoms with Crippen molar-refractivity contribution < 1.29 is 14.4 Å². The second-order valence-corrected chi connectivity index (χ2v) is 5.01. The highest BCUT2D eigenvalue weighted by atomic mass is 35.5. The van der Waals surface area contributed by atoms with Crippen LogP contribution in [0.5, 0.6) is 0 Å². The van der Waals surface area contributed by atoms with Gasteiger partial charge in [-0.15, -0.1) is 0 Å². The maximum atomic E-state index is 12.2. The molecule has 1 aliphatic heterocycles. The number of anilines is 1. The maximum Gasteiger partial charge on any atom is 0.247 e. The molecule has 2 rings (SSSR count). The van der Waals surface area contributed by atoms with Crippen LogP contribution in [0.3, 0.4) is 0 Å². The van der Waals surface area contributed by atoms with Gasteiger partial charge < -0.3 is 0 Å². The Balaban J connectivity index is 2.41. The molecule has 2 amide bonds. The van der Waals surface area contributed by atoms with E-state index in [1.807, 2.05) is 0 Å². The summed E-state index contributed by atoms with van der Waals surface area (Å²) in [6.07, 6.45) is -0.0796. The number of hydrogen-bond donors (Lipinski definition) is 0. The molecular weight excluding hydrogens is 254 g/mol. The summed E-state index contributed by atoms with van der Waals surface area (Å²) >= 11 is 5.76. The Morgan fingerprint density at radius 1 is 1.28 bits per heavy atom. The number of nitrogens with zero attached hydrogens (tertiary/aromatic N) is 1. The minimum Gasteiger partial charge on any atom is -0.299 e. The van der Waals surface area contributed by atoms with Gasteiger partial charge in [0.1, 0.15) is 11.2 Å². The van der Waals surface area contributed by atoms with E-state index in [2.05, 4.69) is 0 Å². The average molecular weight is 266 g/mol. The Bertz CT molecular complexity index is 538. The highest BCUT2D eigenvalue weighted by Gasteiger charge is 2.51. The first-order valence-electron chi connectivity index (χ1n) is 5.50. The lowest BCUT2D eigenvalue weighted by Gasteiger charge is -2.19. The molecule has 0 aromatic heterocycles. The van der Waals surface area contributed by atoms with Gasteiger partial charge in [0.15, 0.2) is 0 Å². The number of carbonyl (C=O) groups excluding carboxylic acids is 3. The molecule has 0 saturated carbocycles. The van der Waals surface area contributed by atoms with Gasteiger partial charge in [-0.25, -0.2) is 4.90 Å². The van der Waals surface area contributed by atoms with Crippen molar-refractivity contribution in [1.29, 1.82) is 0 Å². The summed E-state index contributed by atoms with van der Waals surface area (Å²) in [6, 6.07) is 6.37. The fourth-order valence-corrected chi connectivity index (χ4v) is 2.07. The molecule has 1 atom stereocenters. The predicted molar refractivity (Wildman–Crippen MR) is 67.4 cm³/mol. The summed E-state index contributed by atoms with van der Waals surface area (Å²) in [5, 5.41) is 0.521. The third-order valence-electron chi connectivity index (χ3n) is 3.29. The van der Waals surface area contributed by atoms with E-state index in [1.54, 1.807) is 24.3 Å². The molecule has 0 radical (unpaired) electrons. The molecule has 1 heterocycles. The van der Waals surface area contributed by atoms with Crippen molar-refractivity contribution in [2.24, 2.45) is 5.41 Å². The molecule has 18 heavy (non-hydrogen) atoms. The zero-order valence-electron chi connectivity index (χ0n) is 10.1. The van der Waals surface area contributed by atoms with E-state index in [-0.39, 0.29) is 18.1 Å². The third-order valence-corrected chi connectivity index (χ3v) is 3.54. The van der Waals surface area contributed by atoms with Crippen LogP contribution in [-0.4, -0.2) is 17.6 Å². The number of amides is 2. The van der Waals surface area contributed by atoms with Crippen molar-refractivity contribution in [2.75, 3.05) is 4.90 Å². The number of rotatable bonds is 2. The smallest absolute Gasteiger partial charge is 0.247 e. The molecule has 1 unspecified atom stereocenters. The van der Waals surface area contributed by atoms with E-state index in [1.165, 1.54) is 13.8 Å². The molecule has 5 heteroatoms. The second-order valence-electron chi connectivity index (χ2n) is 4.58. The number of ketones is 1. The monoisotopic (exact) mass is 265 g/mol. The van der Waals surface area contributed by atoms with Crippen molar-refractivity contribution in [2.45, 2.75) is 20.3 Å². The standard InChI is InChI=1S/C13H12ClNO3/c1-8(16)13(2)7-11(17)15(12(13)18)10-5-3-9(14)4-6-10/h3-6H,7H2,1-2H3. The van der Waals surface area contributed by atoms with Gasteiger partial charge in [-0.2, -0.15) is 0 Å². The lowest BCUT2D eigenvalue weighted by Crippen LogP contribution is -2.37. The van der Waals surface area contributed by atoms with Gasteiger partial charge in [-0.1, -0.05) is 11.6 Å². The first-order chi connectivity index (χ1) is 8.36. The van der Waals surface area contributed by atoms with Crippen LogP contribution < -0.4 is 4.90 Å². The molecule has 1 aliphatic rings. The number of halogens is 1. The lowest BCUT2D eigenvalue weighted by molar-refractivity contribution is -0.136. The summed E-state index contributed by atoms with van der Waals surface area (Å²) in [7, 11) is 0. The Morgan fingerprint density at radius 2 is 1.83 bits per heavy atom. The molecule has 1 aromatic carbocycles. The summed E-state index contributed by atoms with van der Waals surface area (Å²) in [5.74, 6) is -1.13. The van der Waals surface area contributed by atoms with Crippen LogP contribution in [0.1, 0.15) is 20.3 Å².